The van der Waals surface area contributed by atoms with Crippen LogP contribution in [-0.4, -0.2) is 38.5 Å². The van der Waals surface area contributed by atoms with Crippen LogP contribution in [0.3, 0.4) is 0 Å². The number of ether oxygens (including phenoxy) is 2. The number of nitrogens with zero attached hydrogens (tertiary/aromatic N) is 3. The van der Waals surface area contributed by atoms with E-state index in [1.807, 2.05) is 0 Å². The molecule has 0 bridgehead atoms. The van der Waals surface area contributed by atoms with Gasteiger partial charge >= 0.3 is 12.2 Å². The Morgan fingerprint density at radius 2 is 1.55 bits per heavy atom. The summed E-state index contributed by atoms with van der Waals surface area (Å²) in [6.45, 7) is 10.1. The summed E-state index contributed by atoms with van der Waals surface area (Å²) in [5.74, 6) is -0.0812. The van der Waals surface area contributed by atoms with E-state index in [4.69, 9.17) is 21.1 Å². The minimum absolute atomic E-state index is 0.0354. The smallest absolute Gasteiger partial charge is 0.425 e. The number of phenols is 1. The average molecular weight is 472 g/mol. The first-order valence-electron chi connectivity index (χ1n) is 10.3. The van der Waals surface area contributed by atoms with Crippen molar-refractivity contribution in [1.82, 2.24) is 9.97 Å². The normalized spacial score (nSPS) is 11.8. The summed E-state index contributed by atoms with van der Waals surface area (Å²) >= 11 is 6.14. The number of hydrogen-bond donors (Lipinski definition) is 1. The van der Waals surface area contributed by atoms with Gasteiger partial charge in [-0.1, -0.05) is 23.7 Å². The molecule has 0 radical (unpaired) electrons. The van der Waals surface area contributed by atoms with Crippen LogP contribution in [0.25, 0.3) is 22.0 Å². The number of aromatic hydroxyl groups is 1. The highest BCUT2D eigenvalue weighted by atomic mass is 35.5. The number of rotatable bonds is 2. The third-order valence-corrected chi connectivity index (χ3v) is 4.48. The molecule has 33 heavy (non-hydrogen) atoms. The molecule has 0 aliphatic rings. The van der Waals surface area contributed by atoms with E-state index in [1.165, 1.54) is 18.5 Å². The number of carbonyl (C=O) groups excluding carboxylic acids is 2. The van der Waals surface area contributed by atoms with Gasteiger partial charge in [0.2, 0.25) is 0 Å². The molecule has 0 unspecified atom stereocenters. The summed E-state index contributed by atoms with van der Waals surface area (Å²) in [6, 6.07) is 9.86. The molecule has 0 saturated heterocycles. The fourth-order valence-corrected chi connectivity index (χ4v) is 3.27. The average Bonchev–Trinajstić information content (AvgIpc) is 2.65. The van der Waals surface area contributed by atoms with E-state index in [2.05, 4.69) is 9.97 Å². The zero-order valence-corrected chi connectivity index (χ0v) is 20.1. The lowest BCUT2D eigenvalue weighted by molar-refractivity contribution is 0.0429. The van der Waals surface area contributed by atoms with Crippen LogP contribution >= 0.6 is 11.6 Å². The first-order valence-corrected chi connectivity index (χ1v) is 10.6. The van der Waals surface area contributed by atoms with Gasteiger partial charge in [-0.15, -0.1) is 0 Å². The van der Waals surface area contributed by atoms with Crippen LogP contribution < -0.4 is 4.90 Å². The number of halogens is 1. The van der Waals surface area contributed by atoms with Crippen LogP contribution in [0.15, 0.2) is 42.7 Å². The van der Waals surface area contributed by atoms with Crippen LogP contribution in [0.1, 0.15) is 41.5 Å². The van der Waals surface area contributed by atoms with Gasteiger partial charge in [0.05, 0.1) is 11.1 Å². The second-order valence-electron chi connectivity index (χ2n) is 9.36. The molecule has 0 fully saturated rings. The number of aromatic nitrogens is 2. The summed E-state index contributed by atoms with van der Waals surface area (Å²) in [6.07, 6.45) is -0.698. The van der Waals surface area contributed by atoms with Gasteiger partial charge in [0.1, 0.15) is 23.3 Å². The van der Waals surface area contributed by atoms with Crippen LogP contribution in [0.2, 0.25) is 5.02 Å². The summed E-state index contributed by atoms with van der Waals surface area (Å²) < 4.78 is 10.9. The van der Waals surface area contributed by atoms with Crippen molar-refractivity contribution in [3.63, 3.8) is 0 Å². The predicted molar refractivity (Wildman–Crippen MR) is 127 cm³/mol. The standard InChI is InChI=1S/C24H26ClN3O5/c1-23(2,3)32-21(30)28(22(31)33-24(4,5)6)20-16-10-11-17(29)18(19(16)26-13-27-20)14-8-7-9-15(25)12-14/h7-13,29H,1-6H3. The van der Waals surface area contributed by atoms with Crippen molar-refractivity contribution in [2.24, 2.45) is 0 Å². The van der Waals surface area contributed by atoms with Gasteiger partial charge in [-0.2, -0.15) is 4.90 Å². The van der Waals surface area contributed by atoms with E-state index < -0.39 is 23.4 Å². The van der Waals surface area contributed by atoms with Crippen LogP contribution in [0.4, 0.5) is 15.4 Å². The molecule has 9 heteroatoms. The van der Waals surface area contributed by atoms with E-state index >= 15 is 0 Å². The second-order valence-corrected chi connectivity index (χ2v) is 9.80. The lowest BCUT2D eigenvalue weighted by Gasteiger charge is -2.28. The summed E-state index contributed by atoms with van der Waals surface area (Å²) in [7, 11) is 0. The summed E-state index contributed by atoms with van der Waals surface area (Å²) in [5, 5.41) is 11.4. The van der Waals surface area contributed by atoms with Crippen molar-refractivity contribution >= 4 is 40.5 Å². The molecule has 0 atom stereocenters. The molecule has 0 aliphatic heterocycles. The van der Waals surface area contributed by atoms with Gasteiger partial charge in [-0.25, -0.2) is 19.6 Å². The molecule has 3 rings (SSSR count). The van der Waals surface area contributed by atoms with Crippen molar-refractivity contribution < 1.29 is 24.2 Å². The molecule has 1 heterocycles. The Labute approximate surface area is 197 Å². The number of fused-ring (bicyclic) bond motifs is 1. The molecular weight excluding hydrogens is 446 g/mol. The number of phenolic OH excluding ortho intramolecular Hbond substituents is 1. The van der Waals surface area contributed by atoms with Gasteiger partial charge < -0.3 is 14.6 Å². The van der Waals surface area contributed by atoms with E-state index in [0.717, 1.165) is 4.90 Å². The van der Waals surface area contributed by atoms with E-state index in [9.17, 15) is 14.7 Å². The highest BCUT2D eigenvalue weighted by Crippen LogP contribution is 2.39. The lowest BCUT2D eigenvalue weighted by atomic mass is 10.0. The van der Waals surface area contributed by atoms with Crippen molar-refractivity contribution in [1.29, 1.82) is 0 Å². The molecule has 3 aromatic rings. The van der Waals surface area contributed by atoms with Gasteiger partial charge in [0.15, 0.2) is 5.82 Å². The lowest BCUT2D eigenvalue weighted by Crippen LogP contribution is -2.44. The van der Waals surface area contributed by atoms with Gasteiger partial charge in [0, 0.05) is 10.4 Å². The number of benzene rings is 2. The second kappa shape index (κ2) is 8.86. The van der Waals surface area contributed by atoms with Crippen LogP contribution in [0, 0.1) is 0 Å². The van der Waals surface area contributed by atoms with E-state index in [1.54, 1.807) is 65.8 Å². The first kappa shape index (κ1) is 24.3. The minimum atomic E-state index is -0.950. The molecular formula is C24H26ClN3O5. The summed E-state index contributed by atoms with van der Waals surface area (Å²) in [5.41, 5.74) is -0.433. The number of anilines is 1. The molecule has 0 aliphatic carbocycles. The molecule has 2 amide bonds. The quantitative estimate of drug-likeness (QED) is 0.465. The fraction of sp³-hybridized carbons (Fsp3) is 0.333. The predicted octanol–water partition coefficient (Wildman–Crippen LogP) is 6.33. The topological polar surface area (TPSA) is 102 Å². The Morgan fingerprint density at radius 1 is 0.939 bits per heavy atom. The molecule has 1 aromatic heterocycles. The minimum Gasteiger partial charge on any atom is -0.507 e. The fourth-order valence-electron chi connectivity index (χ4n) is 3.08. The van der Waals surface area contributed by atoms with Crippen LogP contribution in [0.5, 0.6) is 5.75 Å². The highest BCUT2D eigenvalue weighted by molar-refractivity contribution is 6.31. The number of amides is 2. The molecule has 0 spiro atoms. The number of hydrogen-bond acceptors (Lipinski definition) is 7. The molecule has 2 aromatic carbocycles. The molecule has 174 valence electrons. The summed E-state index contributed by atoms with van der Waals surface area (Å²) in [4.78, 5) is 35.4. The Bertz CT molecular complexity index is 1190. The monoisotopic (exact) mass is 471 g/mol. The van der Waals surface area contributed by atoms with Crippen molar-refractivity contribution in [3.8, 4) is 16.9 Å². The van der Waals surface area contributed by atoms with Gasteiger partial charge in [0.25, 0.3) is 0 Å². The Kier molecular flexibility index (Phi) is 6.51. The first-order chi connectivity index (χ1) is 15.3. The van der Waals surface area contributed by atoms with E-state index in [-0.39, 0.29) is 11.6 Å². The van der Waals surface area contributed by atoms with Crippen LogP contribution in [-0.2, 0) is 9.47 Å². The number of carbonyl (C=O) groups is 2. The molecule has 8 nitrogen and oxygen atoms in total. The third kappa shape index (κ3) is 5.70. The van der Waals surface area contributed by atoms with Crippen molar-refractivity contribution in [2.45, 2.75) is 52.7 Å². The Morgan fingerprint density at radius 3 is 2.09 bits per heavy atom. The maximum absolute atomic E-state index is 13.1. The molecule has 0 saturated carbocycles. The Balaban J connectivity index is 2.24. The maximum Gasteiger partial charge on any atom is 0.425 e. The third-order valence-electron chi connectivity index (χ3n) is 4.24. The molecule has 1 N–H and O–H groups in total. The largest absolute Gasteiger partial charge is 0.507 e. The van der Waals surface area contributed by atoms with Gasteiger partial charge in [-0.05, 0) is 71.4 Å². The van der Waals surface area contributed by atoms with E-state index in [0.29, 0.717) is 27.1 Å². The van der Waals surface area contributed by atoms with Crippen molar-refractivity contribution in [3.05, 3.63) is 47.7 Å². The van der Waals surface area contributed by atoms with Crippen molar-refractivity contribution in [2.75, 3.05) is 4.90 Å². The SMILES string of the molecule is CC(C)(C)OC(=O)N(C(=O)OC(C)(C)C)c1ncnc2c(-c3cccc(Cl)c3)c(O)ccc12. The Hall–Kier alpha value is -3.39. The van der Waals surface area contributed by atoms with Gasteiger partial charge in [-0.3, -0.25) is 0 Å². The zero-order chi connectivity index (χ0) is 24.6. The maximum atomic E-state index is 13.1. The number of imide groups is 1. The highest BCUT2D eigenvalue weighted by Gasteiger charge is 2.35. The zero-order valence-electron chi connectivity index (χ0n) is 19.3.